The van der Waals surface area contributed by atoms with Crippen molar-refractivity contribution >= 4 is 6.29 Å². The Bertz CT molecular complexity index is 583. The third kappa shape index (κ3) is 2.40. The van der Waals surface area contributed by atoms with Crippen molar-refractivity contribution in [2.45, 2.75) is 44.6 Å². The van der Waals surface area contributed by atoms with Crippen LogP contribution in [0.3, 0.4) is 0 Å². The Balaban J connectivity index is 1.91. The summed E-state index contributed by atoms with van der Waals surface area (Å²) in [5.74, 6) is 0.714. The molecule has 2 aromatic rings. The Morgan fingerprint density at radius 1 is 1.35 bits per heavy atom. The van der Waals surface area contributed by atoms with Gasteiger partial charge < -0.3 is 9.36 Å². The largest absolute Gasteiger partial charge is 0.323 e. The minimum Gasteiger partial charge on any atom is -0.323 e. The molecular formula is C17H20N2O. The maximum Gasteiger partial charge on any atom is 0.147 e. The van der Waals surface area contributed by atoms with Crippen molar-refractivity contribution < 1.29 is 4.79 Å². The van der Waals surface area contributed by atoms with Gasteiger partial charge in [0, 0.05) is 12.4 Å². The highest BCUT2D eigenvalue weighted by Gasteiger charge is 2.19. The van der Waals surface area contributed by atoms with Crippen LogP contribution in [0, 0.1) is 6.92 Å². The number of aryl methyl sites for hydroxylation is 1. The summed E-state index contributed by atoms with van der Waals surface area (Å²) in [6.07, 6.45) is 11.5. The molecule has 1 atom stereocenters. The SMILES string of the molecule is Cc1cc(C2CCCC2)ccc1C(C=O)n1ccnc1. The second-order valence-corrected chi connectivity index (χ2v) is 5.69. The fourth-order valence-electron chi connectivity index (χ4n) is 3.28. The van der Waals surface area contributed by atoms with Crippen molar-refractivity contribution in [1.82, 2.24) is 9.55 Å². The predicted octanol–water partition coefficient (Wildman–Crippen LogP) is 3.64. The van der Waals surface area contributed by atoms with Gasteiger partial charge >= 0.3 is 0 Å². The molecular weight excluding hydrogens is 248 g/mol. The van der Waals surface area contributed by atoms with Crippen LogP contribution < -0.4 is 0 Å². The van der Waals surface area contributed by atoms with Gasteiger partial charge in [-0.05, 0) is 42.4 Å². The molecule has 0 spiro atoms. The van der Waals surface area contributed by atoms with Crippen LogP contribution in [0.25, 0.3) is 0 Å². The molecule has 0 radical (unpaired) electrons. The van der Waals surface area contributed by atoms with E-state index in [2.05, 4.69) is 30.1 Å². The molecule has 0 saturated heterocycles. The number of aldehydes is 1. The smallest absolute Gasteiger partial charge is 0.147 e. The van der Waals surface area contributed by atoms with Crippen molar-refractivity contribution in [3.63, 3.8) is 0 Å². The van der Waals surface area contributed by atoms with Gasteiger partial charge in [0.25, 0.3) is 0 Å². The van der Waals surface area contributed by atoms with Crippen LogP contribution >= 0.6 is 0 Å². The number of carbonyl (C=O) groups excluding carboxylic acids is 1. The van der Waals surface area contributed by atoms with Crippen molar-refractivity contribution in [3.8, 4) is 0 Å². The number of hydrogen-bond donors (Lipinski definition) is 0. The number of carbonyl (C=O) groups is 1. The summed E-state index contributed by atoms with van der Waals surface area (Å²) in [4.78, 5) is 15.5. The highest BCUT2D eigenvalue weighted by atomic mass is 16.1. The van der Waals surface area contributed by atoms with Gasteiger partial charge in [0.2, 0.25) is 0 Å². The molecule has 1 heterocycles. The Kier molecular flexibility index (Phi) is 3.68. The summed E-state index contributed by atoms with van der Waals surface area (Å²) in [7, 11) is 0. The summed E-state index contributed by atoms with van der Waals surface area (Å²) in [5.41, 5.74) is 3.69. The van der Waals surface area contributed by atoms with Crippen molar-refractivity contribution in [2.75, 3.05) is 0 Å². The molecule has 0 aliphatic heterocycles. The molecule has 3 heteroatoms. The average molecular weight is 268 g/mol. The topological polar surface area (TPSA) is 34.9 Å². The van der Waals surface area contributed by atoms with Crippen LogP contribution in [-0.2, 0) is 4.79 Å². The summed E-state index contributed by atoms with van der Waals surface area (Å²) < 4.78 is 1.85. The minimum absolute atomic E-state index is 0.268. The van der Waals surface area contributed by atoms with Crippen LogP contribution in [-0.4, -0.2) is 15.8 Å². The highest BCUT2D eigenvalue weighted by molar-refractivity contribution is 5.63. The molecule has 1 aliphatic carbocycles. The van der Waals surface area contributed by atoms with Crippen LogP contribution in [0.1, 0.15) is 54.3 Å². The number of hydrogen-bond acceptors (Lipinski definition) is 2. The molecule has 3 rings (SSSR count). The van der Waals surface area contributed by atoms with E-state index in [4.69, 9.17) is 0 Å². The molecule has 0 amide bonds. The van der Waals surface area contributed by atoms with E-state index >= 15 is 0 Å². The third-order valence-corrected chi connectivity index (χ3v) is 4.41. The summed E-state index contributed by atoms with van der Waals surface area (Å²) >= 11 is 0. The molecule has 1 unspecified atom stereocenters. The molecule has 0 N–H and O–H groups in total. The monoisotopic (exact) mass is 268 g/mol. The molecule has 3 nitrogen and oxygen atoms in total. The third-order valence-electron chi connectivity index (χ3n) is 4.41. The summed E-state index contributed by atoms with van der Waals surface area (Å²) in [6, 6.07) is 6.31. The highest BCUT2D eigenvalue weighted by Crippen LogP contribution is 2.35. The van der Waals surface area contributed by atoms with Gasteiger partial charge in [-0.25, -0.2) is 4.98 Å². The molecule has 1 aromatic heterocycles. The molecule has 20 heavy (non-hydrogen) atoms. The second-order valence-electron chi connectivity index (χ2n) is 5.69. The van der Waals surface area contributed by atoms with Crippen LogP contribution in [0.2, 0.25) is 0 Å². The zero-order valence-electron chi connectivity index (χ0n) is 11.8. The normalized spacial score (nSPS) is 17.2. The Morgan fingerprint density at radius 3 is 2.75 bits per heavy atom. The van der Waals surface area contributed by atoms with E-state index in [9.17, 15) is 4.79 Å². The molecule has 0 bridgehead atoms. The number of imidazole rings is 1. The van der Waals surface area contributed by atoms with Gasteiger partial charge in [-0.15, -0.1) is 0 Å². The van der Waals surface area contributed by atoms with Crippen LogP contribution in [0.4, 0.5) is 0 Å². The van der Waals surface area contributed by atoms with E-state index in [0.29, 0.717) is 5.92 Å². The van der Waals surface area contributed by atoms with E-state index in [1.165, 1.54) is 36.8 Å². The van der Waals surface area contributed by atoms with Crippen LogP contribution in [0.15, 0.2) is 36.9 Å². The predicted molar refractivity (Wildman–Crippen MR) is 78.8 cm³/mol. The number of nitrogens with zero attached hydrogens (tertiary/aromatic N) is 2. The summed E-state index contributed by atoms with van der Waals surface area (Å²) in [6.45, 7) is 2.10. The molecule has 104 valence electrons. The molecule has 1 fully saturated rings. The van der Waals surface area contributed by atoms with E-state index in [-0.39, 0.29) is 6.04 Å². The quantitative estimate of drug-likeness (QED) is 0.793. The Labute approximate surface area is 119 Å². The first-order valence-corrected chi connectivity index (χ1v) is 7.33. The first-order valence-electron chi connectivity index (χ1n) is 7.33. The van der Waals surface area contributed by atoms with Gasteiger partial charge in [0.1, 0.15) is 12.3 Å². The lowest BCUT2D eigenvalue weighted by Crippen LogP contribution is -2.12. The first kappa shape index (κ1) is 13.1. The first-order chi connectivity index (χ1) is 9.79. The van der Waals surface area contributed by atoms with E-state index in [1.54, 1.807) is 12.5 Å². The maximum absolute atomic E-state index is 11.4. The number of benzene rings is 1. The van der Waals surface area contributed by atoms with Gasteiger partial charge in [-0.3, -0.25) is 0 Å². The van der Waals surface area contributed by atoms with E-state index in [0.717, 1.165) is 11.8 Å². The molecule has 1 aliphatic rings. The van der Waals surface area contributed by atoms with E-state index in [1.807, 2.05) is 10.8 Å². The standard InChI is InChI=1S/C17H20N2O/c1-13-10-15(14-4-2-3-5-14)6-7-16(13)17(11-20)19-9-8-18-12-19/h6-12,14,17H,2-5H2,1H3. The fraction of sp³-hybridized carbons (Fsp3) is 0.412. The summed E-state index contributed by atoms with van der Waals surface area (Å²) in [5, 5.41) is 0. The second kappa shape index (κ2) is 5.61. The number of aromatic nitrogens is 2. The lowest BCUT2D eigenvalue weighted by molar-refractivity contribution is -0.109. The molecule has 1 saturated carbocycles. The lowest BCUT2D eigenvalue weighted by Gasteiger charge is -2.17. The Hall–Kier alpha value is -1.90. The van der Waals surface area contributed by atoms with Crippen molar-refractivity contribution in [1.29, 1.82) is 0 Å². The van der Waals surface area contributed by atoms with Gasteiger partial charge in [-0.2, -0.15) is 0 Å². The zero-order valence-corrected chi connectivity index (χ0v) is 11.8. The maximum atomic E-state index is 11.4. The van der Waals surface area contributed by atoms with Gasteiger partial charge in [-0.1, -0.05) is 31.0 Å². The molecule has 1 aromatic carbocycles. The lowest BCUT2D eigenvalue weighted by atomic mass is 9.92. The van der Waals surface area contributed by atoms with Crippen molar-refractivity contribution in [3.05, 3.63) is 53.6 Å². The minimum atomic E-state index is -0.268. The average Bonchev–Trinajstić information content (AvgIpc) is 3.14. The number of rotatable bonds is 4. The van der Waals surface area contributed by atoms with Gasteiger partial charge in [0.05, 0.1) is 6.33 Å². The fourth-order valence-corrected chi connectivity index (χ4v) is 3.28. The van der Waals surface area contributed by atoms with Crippen molar-refractivity contribution in [2.24, 2.45) is 0 Å². The van der Waals surface area contributed by atoms with E-state index < -0.39 is 0 Å². The van der Waals surface area contributed by atoms with Gasteiger partial charge in [0.15, 0.2) is 0 Å². The van der Waals surface area contributed by atoms with Crippen LogP contribution in [0.5, 0.6) is 0 Å². The Morgan fingerprint density at radius 2 is 2.15 bits per heavy atom. The zero-order chi connectivity index (χ0) is 13.9.